The van der Waals surface area contributed by atoms with Crippen molar-refractivity contribution in [3.63, 3.8) is 0 Å². The lowest BCUT2D eigenvalue weighted by molar-refractivity contribution is -0.668. The van der Waals surface area contributed by atoms with Crippen LogP contribution in [0.2, 0.25) is 5.15 Å². The zero-order chi connectivity index (χ0) is 26.6. The molecule has 0 atom stereocenters. The van der Waals surface area contributed by atoms with Crippen molar-refractivity contribution >= 4 is 46.1 Å². The van der Waals surface area contributed by atoms with Crippen molar-refractivity contribution in [2.45, 2.75) is 26.6 Å². The molecule has 0 aliphatic heterocycles. The van der Waals surface area contributed by atoms with E-state index in [1.807, 2.05) is 53.3 Å². The number of nitrogens with zero attached hydrogens (tertiary/aromatic N) is 6. The van der Waals surface area contributed by atoms with Crippen molar-refractivity contribution in [3.8, 4) is 5.75 Å². The molecule has 0 spiro atoms. The number of carbonyl (C=O) groups excluding carboxylic acids is 2. The van der Waals surface area contributed by atoms with Crippen molar-refractivity contribution in [3.05, 3.63) is 34.9 Å². The van der Waals surface area contributed by atoms with E-state index in [4.69, 9.17) is 27.8 Å². The number of methoxy groups -OCH3 is 1. The molecule has 0 aliphatic carbocycles. The Morgan fingerprint density at radius 2 is 1.89 bits per heavy atom. The molecule has 13 heteroatoms. The maximum absolute atomic E-state index is 13.1. The van der Waals surface area contributed by atoms with E-state index in [1.54, 1.807) is 19.1 Å². The van der Waals surface area contributed by atoms with Crippen molar-refractivity contribution in [2.24, 2.45) is 0 Å². The van der Waals surface area contributed by atoms with Gasteiger partial charge in [0.15, 0.2) is 40.1 Å². The molecular weight excluding hydrogens is 486 g/mol. The van der Waals surface area contributed by atoms with E-state index in [-0.39, 0.29) is 41.5 Å². The lowest BCUT2D eigenvalue weighted by Crippen LogP contribution is -2.48. The van der Waals surface area contributed by atoms with E-state index in [1.165, 1.54) is 0 Å². The molecule has 5 N–H and O–H groups in total. The fourth-order valence-electron chi connectivity index (χ4n) is 3.80. The van der Waals surface area contributed by atoms with Gasteiger partial charge in [-0.2, -0.15) is 0 Å². The second-order valence-electron chi connectivity index (χ2n) is 8.54. The number of aromatic nitrogens is 4. The molecule has 1 aromatic carbocycles. The summed E-state index contributed by atoms with van der Waals surface area (Å²) < 4.78 is 9.34. The van der Waals surface area contributed by atoms with Gasteiger partial charge in [0.2, 0.25) is 0 Å². The molecule has 0 fully saturated rings. The van der Waals surface area contributed by atoms with Crippen molar-refractivity contribution in [1.82, 2.24) is 29.7 Å². The number of hydrogen-bond acceptors (Lipinski definition) is 8. The molecular formula is C23H33ClN9O3+. The second kappa shape index (κ2) is 11.4. The van der Waals surface area contributed by atoms with Crippen molar-refractivity contribution in [1.29, 1.82) is 0 Å². The molecule has 3 rings (SSSR count). The van der Waals surface area contributed by atoms with Crippen LogP contribution in [0.4, 0.5) is 11.6 Å². The van der Waals surface area contributed by atoms with Crippen LogP contribution < -0.4 is 26.1 Å². The summed E-state index contributed by atoms with van der Waals surface area (Å²) in [5, 5.41) is 2.72. The van der Waals surface area contributed by atoms with Crippen LogP contribution in [0.3, 0.4) is 0 Å². The van der Waals surface area contributed by atoms with Gasteiger partial charge in [-0.3, -0.25) is 9.59 Å². The molecule has 12 nitrogen and oxygen atoms in total. The number of anilines is 2. The zero-order valence-corrected chi connectivity index (χ0v) is 22.0. The number of nitrogens with two attached hydrogens (primary N) is 2. The Morgan fingerprint density at radius 1 is 1.17 bits per heavy atom. The van der Waals surface area contributed by atoms with Gasteiger partial charge in [0.05, 0.1) is 13.7 Å². The first-order chi connectivity index (χ1) is 17.1. The maximum atomic E-state index is 13.1. The first-order valence-corrected chi connectivity index (χ1v) is 11.8. The molecule has 0 aliphatic rings. The van der Waals surface area contributed by atoms with E-state index >= 15 is 0 Å². The van der Waals surface area contributed by atoms with Crippen molar-refractivity contribution in [2.75, 3.05) is 52.8 Å². The molecule has 0 bridgehead atoms. The van der Waals surface area contributed by atoms with Crippen LogP contribution >= 0.6 is 11.6 Å². The molecule has 0 saturated heterocycles. The quantitative estimate of drug-likeness (QED) is 0.329. The summed E-state index contributed by atoms with van der Waals surface area (Å²) in [6, 6.07) is 5.65. The minimum Gasteiger partial charge on any atom is -0.497 e. The summed E-state index contributed by atoms with van der Waals surface area (Å²) in [7, 11) is 7.30. The Morgan fingerprint density at radius 3 is 2.53 bits per heavy atom. The number of hydrogen-bond donors (Lipinski definition) is 3. The fourth-order valence-corrected chi connectivity index (χ4v) is 3.93. The molecule has 0 saturated carbocycles. The van der Waals surface area contributed by atoms with Crippen LogP contribution in [-0.2, 0) is 24.4 Å². The third-order valence-electron chi connectivity index (χ3n) is 5.83. The number of likely N-dealkylation sites (N-methyl/N-ethyl adjacent to an activating group) is 2. The third kappa shape index (κ3) is 5.77. The Balaban J connectivity index is 1.97. The average Bonchev–Trinajstić information content (AvgIpc) is 3.14. The summed E-state index contributed by atoms with van der Waals surface area (Å²) >= 11 is 5.93. The van der Waals surface area contributed by atoms with Gasteiger partial charge in [-0.25, -0.2) is 19.1 Å². The molecule has 2 amide bonds. The summed E-state index contributed by atoms with van der Waals surface area (Å²) in [4.78, 5) is 37.6. The number of imidazole rings is 1. The Labute approximate surface area is 214 Å². The summed E-state index contributed by atoms with van der Waals surface area (Å²) in [6.07, 6.45) is 0. The van der Waals surface area contributed by atoms with E-state index < -0.39 is 5.91 Å². The van der Waals surface area contributed by atoms with E-state index in [2.05, 4.69) is 15.3 Å². The lowest BCUT2D eigenvalue weighted by Gasteiger charge is -2.19. The zero-order valence-electron chi connectivity index (χ0n) is 21.2. The molecule has 0 unspecified atom stereocenters. The number of ether oxygens (including phenoxy) is 1. The number of halogens is 1. The Bertz CT molecular complexity index is 1280. The van der Waals surface area contributed by atoms with Crippen LogP contribution in [0.1, 0.15) is 23.2 Å². The number of fused-ring (bicyclic) bond motifs is 1. The normalized spacial score (nSPS) is 11.2. The minimum absolute atomic E-state index is 0.0548. The third-order valence-corrected chi connectivity index (χ3v) is 6.11. The van der Waals surface area contributed by atoms with Gasteiger partial charge < -0.3 is 31.3 Å². The number of nitrogen functional groups attached to an aromatic ring is 2. The Hall–Kier alpha value is -3.64. The highest BCUT2D eigenvalue weighted by molar-refractivity contribution is 6.31. The van der Waals surface area contributed by atoms with Gasteiger partial charge in [-0.1, -0.05) is 11.6 Å². The highest BCUT2D eigenvalue weighted by atomic mass is 35.5. The SMILES string of the molecule is CCn1c(CNC(=O)c2nc(Cl)c(N)nc2N)[n+](CC(=O)N(C)CCN(C)C)c2ccc(OC)cc21. The number of aryl methyl sites for hydroxylation is 1. The molecule has 2 heterocycles. The highest BCUT2D eigenvalue weighted by Crippen LogP contribution is 2.22. The predicted molar refractivity (Wildman–Crippen MR) is 138 cm³/mol. The molecule has 194 valence electrons. The fraction of sp³-hybridized carbons (Fsp3) is 0.435. The summed E-state index contributed by atoms with van der Waals surface area (Å²) in [5.74, 6) is 0.610. The molecule has 3 aromatic rings. The first-order valence-electron chi connectivity index (χ1n) is 11.4. The molecule has 2 aromatic heterocycles. The minimum atomic E-state index is -0.562. The number of amides is 2. The van der Waals surface area contributed by atoms with Gasteiger partial charge in [-0.15, -0.1) is 0 Å². The molecule has 36 heavy (non-hydrogen) atoms. The summed E-state index contributed by atoms with van der Waals surface area (Å²) in [6.45, 7) is 4.12. The van der Waals surface area contributed by atoms with Gasteiger partial charge >= 0.3 is 0 Å². The van der Waals surface area contributed by atoms with Crippen LogP contribution in [-0.4, -0.2) is 77.5 Å². The predicted octanol–water partition coefficient (Wildman–Crippen LogP) is 0.515. The van der Waals surface area contributed by atoms with Gasteiger partial charge in [0.25, 0.3) is 17.6 Å². The molecule has 0 radical (unpaired) electrons. The highest BCUT2D eigenvalue weighted by Gasteiger charge is 2.28. The number of benzene rings is 1. The second-order valence-corrected chi connectivity index (χ2v) is 8.89. The van der Waals surface area contributed by atoms with E-state index in [0.717, 1.165) is 23.4 Å². The van der Waals surface area contributed by atoms with Gasteiger partial charge in [0.1, 0.15) is 12.3 Å². The van der Waals surface area contributed by atoms with Crippen LogP contribution in [0.5, 0.6) is 5.75 Å². The topological polar surface area (TPSA) is 149 Å². The van der Waals surface area contributed by atoms with Crippen LogP contribution in [0.25, 0.3) is 11.0 Å². The Kier molecular flexibility index (Phi) is 8.53. The average molecular weight is 519 g/mol. The van der Waals surface area contributed by atoms with Crippen molar-refractivity contribution < 1.29 is 18.9 Å². The van der Waals surface area contributed by atoms with Gasteiger partial charge in [-0.05, 0) is 33.2 Å². The van der Waals surface area contributed by atoms with Crippen LogP contribution in [0.15, 0.2) is 18.2 Å². The standard InChI is InChI=1S/C23H32ClN9O3/c1-6-32-16-11-14(36-5)7-8-15(16)33(13-18(34)31(4)10-9-30(2)3)17(32)12-27-23(35)19-21(25)29-22(26)20(24)28-19/h7-8,11H,6,9-10,12-13H2,1-5H3,(H4-,25,26,27,29,35)/p+1. The smallest absolute Gasteiger partial charge is 0.277 e. The van der Waals surface area contributed by atoms with Crippen LogP contribution in [0, 0.1) is 0 Å². The maximum Gasteiger partial charge on any atom is 0.277 e. The van der Waals surface area contributed by atoms with Gasteiger partial charge in [0, 0.05) is 26.2 Å². The lowest BCUT2D eigenvalue weighted by atomic mass is 10.3. The number of carbonyl (C=O) groups is 2. The van der Waals surface area contributed by atoms with E-state index in [0.29, 0.717) is 18.8 Å². The van der Waals surface area contributed by atoms with E-state index in [9.17, 15) is 9.59 Å². The summed E-state index contributed by atoms with van der Waals surface area (Å²) in [5.41, 5.74) is 13.0. The first kappa shape index (κ1) is 27.0. The monoisotopic (exact) mass is 518 g/mol. The number of rotatable bonds is 10. The largest absolute Gasteiger partial charge is 0.497 e. The number of nitrogens with one attached hydrogen (secondary N) is 1.